The van der Waals surface area contributed by atoms with Crippen LogP contribution in [0.2, 0.25) is 5.02 Å². The van der Waals surface area contributed by atoms with Crippen LogP contribution in [0.3, 0.4) is 0 Å². The molecule has 0 unspecified atom stereocenters. The summed E-state index contributed by atoms with van der Waals surface area (Å²) in [7, 11) is 0. The number of hydrogen-bond donors (Lipinski definition) is 2. The molecule has 7 heteroatoms. The maximum absolute atomic E-state index is 6.41. The van der Waals surface area contributed by atoms with E-state index in [1.54, 1.807) is 0 Å². The van der Waals surface area contributed by atoms with Gasteiger partial charge in [0.15, 0.2) is 0 Å². The van der Waals surface area contributed by atoms with Gasteiger partial charge in [0.25, 0.3) is 0 Å². The summed E-state index contributed by atoms with van der Waals surface area (Å²) < 4.78 is 6.16. The summed E-state index contributed by atoms with van der Waals surface area (Å²) in [5.74, 6) is 0.438. The van der Waals surface area contributed by atoms with Gasteiger partial charge in [-0.3, -0.25) is 4.99 Å². The summed E-state index contributed by atoms with van der Waals surface area (Å²) in [6.07, 6.45) is 3.46. The average molecular weight is 427 g/mol. The van der Waals surface area contributed by atoms with Gasteiger partial charge < -0.3 is 16.2 Å². The molecule has 150 valence electrons. The molecular formula is C22H23ClN4OS. The predicted molar refractivity (Wildman–Crippen MR) is 120 cm³/mol. The molecule has 3 heterocycles. The number of anilines is 1. The van der Waals surface area contributed by atoms with Crippen LogP contribution >= 0.6 is 22.9 Å². The first kappa shape index (κ1) is 18.9. The number of rotatable bonds is 3. The number of amidine groups is 1. The third-order valence-electron chi connectivity index (χ3n) is 6.29. The Hall–Kier alpha value is -2.15. The molecule has 1 saturated carbocycles. The maximum atomic E-state index is 6.41. The Labute approximate surface area is 178 Å². The number of nitrogen functional groups attached to an aromatic ring is 1. The fraction of sp³-hybridized carbons (Fsp3) is 0.364. The monoisotopic (exact) mass is 426 g/mol. The zero-order valence-corrected chi connectivity index (χ0v) is 18.1. The lowest BCUT2D eigenvalue weighted by Gasteiger charge is -2.38. The van der Waals surface area contributed by atoms with E-state index in [2.05, 4.69) is 28.2 Å². The minimum absolute atomic E-state index is 0.0448. The summed E-state index contributed by atoms with van der Waals surface area (Å²) >= 11 is 7.83. The Bertz CT molecular complexity index is 1180. The molecule has 5 nitrogen and oxygen atoms in total. The van der Waals surface area contributed by atoms with Crippen molar-refractivity contribution in [3.05, 3.63) is 56.0 Å². The number of aryl methyl sites for hydroxylation is 2. The number of hydrogen-bond acceptors (Lipinski definition) is 5. The van der Waals surface area contributed by atoms with Crippen molar-refractivity contribution in [2.45, 2.75) is 51.9 Å². The van der Waals surface area contributed by atoms with Crippen LogP contribution in [0.1, 0.15) is 52.1 Å². The van der Waals surface area contributed by atoms with E-state index in [9.17, 15) is 0 Å². The number of aromatic nitrogens is 1. The molecule has 0 amide bonds. The first-order valence-electron chi connectivity index (χ1n) is 9.81. The van der Waals surface area contributed by atoms with Gasteiger partial charge in [0.05, 0.1) is 40.0 Å². The number of nitrogens with zero attached hydrogens (tertiary/aromatic N) is 2. The number of fused-ring (bicyclic) bond motifs is 3. The number of aliphatic imine (C=N–C) groups is 1. The van der Waals surface area contributed by atoms with Crippen molar-refractivity contribution in [2.24, 2.45) is 10.7 Å². The van der Waals surface area contributed by atoms with Crippen LogP contribution in [0.25, 0.3) is 10.2 Å². The van der Waals surface area contributed by atoms with Crippen LogP contribution in [-0.2, 0) is 23.5 Å². The molecule has 29 heavy (non-hydrogen) atoms. The quantitative estimate of drug-likeness (QED) is 0.457. The maximum Gasteiger partial charge on any atom is 0.138 e. The van der Waals surface area contributed by atoms with Crippen molar-refractivity contribution < 1.29 is 4.74 Å². The van der Waals surface area contributed by atoms with Gasteiger partial charge in [-0.1, -0.05) is 29.8 Å². The Balaban J connectivity index is 1.49. The predicted octanol–water partition coefficient (Wildman–Crippen LogP) is 4.96. The van der Waals surface area contributed by atoms with E-state index in [0.717, 1.165) is 39.2 Å². The van der Waals surface area contributed by atoms with Gasteiger partial charge in [-0.05, 0) is 55.4 Å². The summed E-state index contributed by atoms with van der Waals surface area (Å²) in [4.78, 5) is 10.9. The highest BCUT2D eigenvalue weighted by Crippen LogP contribution is 2.51. The van der Waals surface area contributed by atoms with Gasteiger partial charge in [-0.2, -0.15) is 0 Å². The van der Waals surface area contributed by atoms with Crippen molar-refractivity contribution >= 4 is 44.7 Å². The van der Waals surface area contributed by atoms with E-state index >= 15 is 0 Å². The van der Waals surface area contributed by atoms with Gasteiger partial charge in [0.1, 0.15) is 10.7 Å². The van der Waals surface area contributed by atoms with Gasteiger partial charge in [0.2, 0.25) is 0 Å². The number of benzene rings is 1. The highest BCUT2D eigenvalue weighted by Gasteiger charge is 2.45. The smallest absolute Gasteiger partial charge is 0.138 e. The first-order chi connectivity index (χ1) is 13.9. The third kappa shape index (κ3) is 2.77. The molecule has 2 aromatic heterocycles. The van der Waals surface area contributed by atoms with E-state index in [-0.39, 0.29) is 5.60 Å². The molecule has 2 aliphatic rings. The molecule has 3 aromatic rings. The Kier molecular flexibility index (Phi) is 4.35. The molecule has 1 spiro atoms. The zero-order chi connectivity index (χ0) is 20.3. The summed E-state index contributed by atoms with van der Waals surface area (Å²) in [5.41, 5.74) is 18.8. The van der Waals surface area contributed by atoms with Crippen LogP contribution < -0.4 is 11.5 Å². The fourth-order valence-corrected chi connectivity index (χ4v) is 5.73. The first-order valence-corrected chi connectivity index (χ1v) is 11.0. The van der Waals surface area contributed by atoms with Crippen molar-refractivity contribution in [3.8, 4) is 0 Å². The minimum Gasteiger partial charge on any atom is -0.397 e. The second kappa shape index (κ2) is 6.69. The number of pyridine rings is 1. The van der Waals surface area contributed by atoms with Crippen molar-refractivity contribution in [2.75, 3.05) is 5.73 Å². The molecule has 1 aromatic carbocycles. The highest BCUT2D eigenvalue weighted by molar-refractivity contribution is 7.21. The molecule has 0 radical (unpaired) electrons. The number of thiophene rings is 1. The van der Waals surface area contributed by atoms with Crippen LogP contribution in [0.5, 0.6) is 0 Å². The van der Waals surface area contributed by atoms with Crippen molar-refractivity contribution in [1.82, 2.24) is 4.98 Å². The third-order valence-corrected chi connectivity index (χ3v) is 7.97. The highest BCUT2D eigenvalue weighted by atomic mass is 35.5. The second-order valence-electron chi connectivity index (χ2n) is 7.94. The normalized spacial score (nSPS) is 17.7. The van der Waals surface area contributed by atoms with E-state index in [4.69, 9.17) is 27.8 Å². The van der Waals surface area contributed by atoms with Gasteiger partial charge in [-0.15, -0.1) is 11.3 Å². The average Bonchev–Trinajstić information content (AvgIpc) is 3.23. The SMILES string of the molecule is Cc1nc2sc(C(N)=NCc3cccc4c3COC43CCC3)c(N)c2c(C)c1Cl. The van der Waals surface area contributed by atoms with Crippen molar-refractivity contribution in [3.63, 3.8) is 0 Å². The molecule has 1 fully saturated rings. The van der Waals surface area contributed by atoms with Gasteiger partial charge >= 0.3 is 0 Å². The largest absolute Gasteiger partial charge is 0.397 e. The van der Waals surface area contributed by atoms with Gasteiger partial charge in [-0.25, -0.2) is 4.98 Å². The number of halogens is 1. The molecule has 0 atom stereocenters. The van der Waals surface area contributed by atoms with E-state index in [0.29, 0.717) is 29.7 Å². The second-order valence-corrected chi connectivity index (χ2v) is 9.32. The van der Waals surface area contributed by atoms with Crippen LogP contribution in [0, 0.1) is 13.8 Å². The summed E-state index contributed by atoms with van der Waals surface area (Å²) in [5, 5.41) is 1.52. The van der Waals surface area contributed by atoms with Crippen LogP contribution in [-0.4, -0.2) is 10.8 Å². The zero-order valence-electron chi connectivity index (χ0n) is 16.5. The lowest BCUT2D eigenvalue weighted by atomic mass is 9.74. The topological polar surface area (TPSA) is 86.5 Å². The lowest BCUT2D eigenvalue weighted by molar-refractivity contribution is -0.0944. The molecule has 4 N–H and O–H groups in total. The van der Waals surface area contributed by atoms with Crippen molar-refractivity contribution in [1.29, 1.82) is 0 Å². The minimum atomic E-state index is -0.0448. The van der Waals surface area contributed by atoms with Crippen LogP contribution in [0.15, 0.2) is 23.2 Å². The Morgan fingerprint density at radius 1 is 1.34 bits per heavy atom. The number of ether oxygens (including phenoxy) is 1. The molecule has 1 aliphatic heterocycles. The Morgan fingerprint density at radius 3 is 2.86 bits per heavy atom. The standard InChI is InChI=1S/C22H23ClN4OS/c1-11-16-18(24)19(29-21(16)27-12(2)17(11)23)20(25)26-9-13-5-3-6-15-14(13)10-28-22(15)7-4-8-22/h3,5-6H,4,7-10,24H2,1-2H3,(H2,25,26). The summed E-state index contributed by atoms with van der Waals surface area (Å²) in [6.45, 7) is 5.03. The van der Waals surface area contributed by atoms with E-state index in [1.165, 1.54) is 34.4 Å². The lowest BCUT2D eigenvalue weighted by Crippen LogP contribution is -2.33. The fourth-order valence-electron chi connectivity index (χ4n) is 4.47. The molecule has 1 aliphatic carbocycles. The van der Waals surface area contributed by atoms with E-state index < -0.39 is 0 Å². The summed E-state index contributed by atoms with van der Waals surface area (Å²) in [6, 6.07) is 6.41. The molecular weight excluding hydrogens is 404 g/mol. The molecule has 0 saturated heterocycles. The number of nitrogens with two attached hydrogens (primary N) is 2. The molecule has 0 bridgehead atoms. The Morgan fingerprint density at radius 2 is 2.14 bits per heavy atom. The van der Waals surface area contributed by atoms with Gasteiger partial charge in [0, 0.05) is 5.39 Å². The van der Waals surface area contributed by atoms with Crippen LogP contribution in [0.4, 0.5) is 5.69 Å². The molecule has 5 rings (SSSR count). The van der Waals surface area contributed by atoms with E-state index in [1.807, 2.05) is 13.8 Å².